The van der Waals surface area contributed by atoms with Gasteiger partial charge in [-0.25, -0.2) is 4.79 Å². The van der Waals surface area contributed by atoms with Crippen LogP contribution in [0.15, 0.2) is 24.3 Å². The van der Waals surface area contributed by atoms with Crippen LogP contribution in [0.2, 0.25) is 0 Å². The summed E-state index contributed by atoms with van der Waals surface area (Å²) in [5.74, 6) is -0.187. The van der Waals surface area contributed by atoms with Gasteiger partial charge in [-0.1, -0.05) is 12.1 Å². The molecule has 122 valence electrons. The summed E-state index contributed by atoms with van der Waals surface area (Å²) in [6, 6.07) is 6.88. The van der Waals surface area contributed by atoms with E-state index in [1.165, 1.54) is 0 Å². The van der Waals surface area contributed by atoms with Crippen molar-refractivity contribution in [3.05, 3.63) is 29.8 Å². The van der Waals surface area contributed by atoms with Crippen molar-refractivity contribution in [1.82, 2.24) is 10.6 Å². The molecule has 6 nitrogen and oxygen atoms in total. The topological polar surface area (TPSA) is 96.2 Å². The van der Waals surface area contributed by atoms with E-state index in [0.29, 0.717) is 6.04 Å². The van der Waals surface area contributed by atoms with Crippen molar-refractivity contribution < 1.29 is 9.59 Å². The van der Waals surface area contributed by atoms with Gasteiger partial charge in [0, 0.05) is 11.7 Å². The van der Waals surface area contributed by atoms with E-state index in [0.717, 1.165) is 24.1 Å². The van der Waals surface area contributed by atoms with Crippen LogP contribution in [0.1, 0.15) is 38.3 Å². The highest BCUT2D eigenvalue weighted by Gasteiger charge is 2.23. The van der Waals surface area contributed by atoms with Gasteiger partial charge in [0.1, 0.15) is 0 Å². The smallest absolute Gasteiger partial charge is 0.319 e. The third-order valence-electron chi connectivity index (χ3n) is 3.35. The summed E-state index contributed by atoms with van der Waals surface area (Å²) in [5.41, 5.74) is 7.20. The van der Waals surface area contributed by atoms with Crippen LogP contribution >= 0.6 is 12.4 Å². The largest absolute Gasteiger partial charge is 0.348 e. The van der Waals surface area contributed by atoms with E-state index in [1.54, 1.807) is 6.92 Å². The molecule has 0 bridgehead atoms. The molecular formula is C15H23ClN4O2. The summed E-state index contributed by atoms with van der Waals surface area (Å²) in [4.78, 5) is 23.2. The Morgan fingerprint density at radius 2 is 1.77 bits per heavy atom. The Morgan fingerprint density at radius 1 is 1.18 bits per heavy atom. The van der Waals surface area contributed by atoms with Gasteiger partial charge in [0.05, 0.1) is 12.1 Å². The molecule has 3 amide bonds. The quantitative estimate of drug-likeness (QED) is 0.665. The molecule has 0 heterocycles. The highest BCUT2D eigenvalue weighted by molar-refractivity contribution is 5.89. The average molecular weight is 327 g/mol. The standard InChI is InChI=1S/C15H22N4O2.ClH/c1-9(16)14(20)17-10(2)11-3-5-12(6-4-11)18-15(21)19-13-7-8-13;/h3-6,9-10,13H,7-8,16H2,1-2H3,(H,17,20)(H2,18,19,21);1H/t9-,10?;/m0./s1. The van der Waals surface area contributed by atoms with Crippen molar-refractivity contribution in [2.24, 2.45) is 5.73 Å². The van der Waals surface area contributed by atoms with Gasteiger partial charge in [-0.3, -0.25) is 4.79 Å². The molecular weight excluding hydrogens is 304 g/mol. The molecule has 0 spiro atoms. The Kier molecular flexibility index (Phi) is 6.64. The fourth-order valence-electron chi connectivity index (χ4n) is 1.86. The van der Waals surface area contributed by atoms with Gasteiger partial charge in [-0.2, -0.15) is 0 Å². The molecule has 22 heavy (non-hydrogen) atoms. The lowest BCUT2D eigenvalue weighted by Crippen LogP contribution is -2.39. The second kappa shape index (κ2) is 8.00. The Bertz CT molecular complexity index is 515. The zero-order valence-electron chi connectivity index (χ0n) is 12.8. The van der Waals surface area contributed by atoms with Crippen LogP contribution in [0, 0.1) is 0 Å². The first-order valence-electron chi connectivity index (χ1n) is 7.19. The van der Waals surface area contributed by atoms with E-state index in [-0.39, 0.29) is 30.4 Å². The van der Waals surface area contributed by atoms with E-state index in [1.807, 2.05) is 31.2 Å². The van der Waals surface area contributed by atoms with Crippen molar-refractivity contribution in [2.45, 2.75) is 44.8 Å². The Balaban J connectivity index is 0.00000242. The first-order valence-corrected chi connectivity index (χ1v) is 7.19. The van der Waals surface area contributed by atoms with Crippen LogP contribution < -0.4 is 21.7 Å². The number of hydrogen-bond donors (Lipinski definition) is 4. The molecule has 2 atom stereocenters. The molecule has 1 aromatic rings. The minimum absolute atomic E-state index is 0. The summed E-state index contributed by atoms with van der Waals surface area (Å²) < 4.78 is 0. The van der Waals surface area contributed by atoms with Gasteiger partial charge in [-0.05, 0) is 44.4 Å². The van der Waals surface area contributed by atoms with Crippen molar-refractivity contribution in [3.63, 3.8) is 0 Å². The minimum atomic E-state index is -0.528. The number of carbonyl (C=O) groups is 2. The SMILES string of the molecule is CC(NC(=O)[C@H](C)N)c1ccc(NC(=O)NC2CC2)cc1.Cl. The predicted molar refractivity (Wildman–Crippen MR) is 89.1 cm³/mol. The van der Waals surface area contributed by atoms with Crippen LogP contribution in [-0.2, 0) is 4.79 Å². The fraction of sp³-hybridized carbons (Fsp3) is 0.467. The number of amides is 3. The average Bonchev–Trinajstić information content (AvgIpc) is 3.23. The van der Waals surface area contributed by atoms with Crippen molar-refractivity contribution in [2.75, 3.05) is 5.32 Å². The van der Waals surface area contributed by atoms with Crippen LogP contribution in [0.3, 0.4) is 0 Å². The van der Waals surface area contributed by atoms with Gasteiger partial charge in [0.25, 0.3) is 0 Å². The third-order valence-corrected chi connectivity index (χ3v) is 3.35. The summed E-state index contributed by atoms with van der Waals surface area (Å²) in [6.07, 6.45) is 2.12. The van der Waals surface area contributed by atoms with Crippen LogP contribution in [0.5, 0.6) is 0 Å². The van der Waals surface area contributed by atoms with E-state index in [4.69, 9.17) is 5.73 Å². The Morgan fingerprint density at radius 3 is 2.27 bits per heavy atom. The van der Waals surface area contributed by atoms with Crippen molar-refractivity contribution >= 4 is 30.0 Å². The lowest BCUT2D eigenvalue weighted by atomic mass is 10.1. The van der Waals surface area contributed by atoms with E-state index in [9.17, 15) is 9.59 Å². The highest BCUT2D eigenvalue weighted by Crippen LogP contribution is 2.19. The van der Waals surface area contributed by atoms with Crippen LogP contribution in [0.4, 0.5) is 10.5 Å². The number of halogens is 1. The van der Waals surface area contributed by atoms with Gasteiger partial charge in [0.2, 0.25) is 5.91 Å². The van der Waals surface area contributed by atoms with Gasteiger partial charge in [-0.15, -0.1) is 12.4 Å². The number of carbonyl (C=O) groups excluding carboxylic acids is 2. The zero-order valence-corrected chi connectivity index (χ0v) is 13.6. The predicted octanol–water partition coefficient (Wildman–Crippen LogP) is 1.92. The van der Waals surface area contributed by atoms with Crippen molar-refractivity contribution in [3.8, 4) is 0 Å². The second-order valence-electron chi connectivity index (χ2n) is 5.51. The molecule has 2 rings (SSSR count). The van der Waals surface area contributed by atoms with E-state index < -0.39 is 6.04 Å². The maximum absolute atomic E-state index is 11.6. The second-order valence-corrected chi connectivity index (χ2v) is 5.51. The lowest BCUT2D eigenvalue weighted by molar-refractivity contribution is -0.122. The molecule has 1 aromatic carbocycles. The van der Waals surface area contributed by atoms with Crippen LogP contribution in [-0.4, -0.2) is 24.0 Å². The lowest BCUT2D eigenvalue weighted by Gasteiger charge is -2.16. The van der Waals surface area contributed by atoms with Crippen molar-refractivity contribution in [1.29, 1.82) is 0 Å². The van der Waals surface area contributed by atoms with Gasteiger partial charge >= 0.3 is 6.03 Å². The first-order chi connectivity index (χ1) is 9.95. The molecule has 0 aliphatic heterocycles. The minimum Gasteiger partial charge on any atom is -0.348 e. The van der Waals surface area contributed by atoms with Gasteiger partial charge in [0.15, 0.2) is 0 Å². The van der Waals surface area contributed by atoms with Gasteiger partial charge < -0.3 is 21.7 Å². The molecule has 5 N–H and O–H groups in total. The molecule has 1 aliphatic carbocycles. The third kappa shape index (κ3) is 5.54. The van der Waals surface area contributed by atoms with E-state index in [2.05, 4.69) is 16.0 Å². The number of nitrogens with one attached hydrogen (secondary N) is 3. The number of anilines is 1. The molecule has 0 radical (unpaired) electrons. The summed E-state index contributed by atoms with van der Waals surface area (Å²) in [5, 5.41) is 8.46. The Labute approximate surface area is 136 Å². The summed E-state index contributed by atoms with van der Waals surface area (Å²) in [7, 11) is 0. The molecule has 0 aromatic heterocycles. The normalized spacial score (nSPS) is 16.0. The first kappa shape index (κ1) is 18.3. The maximum atomic E-state index is 11.6. The maximum Gasteiger partial charge on any atom is 0.319 e. The van der Waals surface area contributed by atoms with E-state index >= 15 is 0 Å². The highest BCUT2D eigenvalue weighted by atomic mass is 35.5. The monoisotopic (exact) mass is 326 g/mol. The molecule has 7 heteroatoms. The summed E-state index contributed by atoms with van der Waals surface area (Å²) >= 11 is 0. The fourth-order valence-corrected chi connectivity index (χ4v) is 1.86. The molecule has 1 unspecified atom stereocenters. The van der Waals surface area contributed by atoms with Crippen LogP contribution in [0.25, 0.3) is 0 Å². The Hall–Kier alpha value is -1.79. The number of nitrogens with two attached hydrogens (primary N) is 1. The molecule has 1 saturated carbocycles. The molecule has 1 aliphatic rings. The number of hydrogen-bond acceptors (Lipinski definition) is 3. The molecule has 1 fully saturated rings. The summed E-state index contributed by atoms with van der Waals surface area (Å²) in [6.45, 7) is 3.54. The number of benzene rings is 1. The number of rotatable bonds is 5. The number of urea groups is 1. The molecule has 0 saturated heterocycles. The zero-order chi connectivity index (χ0) is 15.4.